The fraction of sp³-hybridized carbons (Fsp3) is 1.00. The van der Waals surface area contributed by atoms with Crippen LogP contribution in [0.3, 0.4) is 0 Å². The molecule has 74 valence electrons. The third-order valence-corrected chi connectivity index (χ3v) is 3.83. The summed E-state index contributed by atoms with van der Waals surface area (Å²) in [5.74, 6) is 0. The van der Waals surface area contributed by atoms with Gasteiger partial charge in [-0.15, -0.1) is 11.6 Å². The molecule has 2 atom stereocenters. The monoisotopic (exact) mass is 214 g/mol. The molecule has 0 rings (SSSR count). The molecule has 0 amide bonds. The van der Waals surface area contributed by atoms with Crippen molar-refractivity contribution in [2.24, 2.45) is 5.41 Å². The van der Waals surface area contributed by atoms with Gasteiger partial charge >= 0.3 is 0 Å². The van der Waals surface area contributed by atoms with Gasteiger partial charge < -0.3 is 5.11 Å². The molecule has 0 aliphatic heterocycles. The Balaban J connectivity index is 4.64. The Morgan fingerprint density at radius 3 is 1.75 bits per heavy atom. The van der Waals surface area contributed by atoms with Crippen molar-refractivity contribution in [3.63, 3.8) is 0 Å². The van der Waals surface area contributed by atoms with Crippen molar-refractivity contribution >= 4 is 21.4 Å². The normalized spacial score (nSPS) is 18.8. The Labute approximate surface area is 78.7 Å². The lowest BCUT2D eigenvalue weighted by Gasteiger charge is -2.28. The molecule has 5 heteroatoms. The van der Waals surface area contributed by atoms with E-state index < -0.39 is 26.1 Å². The van der Waals surface area contributed by atoms with Gasteiger partial charge in [-0.1, -0.05) is 20.8 Å². The van der Waals surface area contributed by atoms with Crippen LogP contribution in [0, 0.1) is 5.41 Å². The standard InChI is InChI=1S/C7H15ClO3S/c1-7(2,3)5(9)6(8)12(4,10)11/h5-6,9H,1-4H3/t5-,6+/m1/s1. The van der Waals surface area contributed by atoms with Crippen LogP contribution in [0.15, 0.2) is 0 Å². The maximum Gasteiger partial charge on any atom is 0.166 e. The Morgan fingerprint density at radius 1 is 1.33 bits per heavy atom. The third-order valence-electron chi connectivity index (χ3n) is 1.54. The first-order chi connectivity index (χ1) is 5.07. The number of halogens is 1. The number of alkyl halides is 1. The molecule has 3 nitrogen and oxygen atoms in total. The van der Waals surface area contributed by atoms with Gasteiger partial charge in [-0.05, 0) is 5.41 Å². The number of sulfone groups is 1. The van der Waals surface area contributed by atoms with Crippen LogP contribution in [0.5, 0.6) is 0 Å². The average Bonchev–Trinajstić information content (AvgIpc) is 1.80. The zero-order valence-electron chi connectivity index (χ0n) is 7.70. The molecule has 0 aliphatic carbocycles. The molecule has 12 heavy (non-hydrogen) atoms. The van der Waals surface area contributed by atoms with Gasteiger partial charge in [-0.25, -0.2) is 8.42 Å². The molecule has 0 bridgehead atoms. The van der Waals surface area contributed by atoms with Crippen LogP contribution in [0.25, 0.3) is 0 Å². The van der Waals surface area contributed by atoms with E-state index in [0.29, 0.717) is 0 Å². The van der Waals surface area contributed by atoms with Crippen LogP contribution in [-0.4, -0.2) is 30.6 Å². The lowest BCUT2D eigenvalue weighted by atomic mass is 9.90. The highest BCUT2D eigenvalue weighted by Crippen LogP contribution is 2.26. The van der Waals surface area contributed by atoms with Gasteiger partial charge in [0.1, 0.15) is 0 Å². The topological polar surface area (TPSA) is 54.4 Å². The Bertz CT molecular complexity index is 240. The summed E-state index contributed by atoms with van der Waals surface area (Å²) in [6, 6.07) is 0. The molecule has 0 saturated carbocycles. The molecule has 1 N–H and O–H groups in total. The van der Waals surface area contributed by atoms with Crippen LogP contribution < -0.4 is 0 Å². The molecule has 0 spiro atoms. The zero-order chi connectivity index (χ0) is 10.2. The van der Waals surface area contributed by atoms with Crippen molar-refractivity contribution in [2.75, 3.05) is 6.26 Å². The molecule has 0 aromatic carbocycles. The maximum atomic E-state index is 10.9. The van der Waals surface area contributed by atoms with Crippen molar-refractivity contribution in [3.8, 4) is 0 Å². The predicted molar refractivity (Wildman–Crippen MR) is 49.9 cm³/mol. The van der Waals surface area contributed by atoms with Gasteiger partial charge in [0.05, 0.1) is 6.10 Å². The summed E-state index contributed by atoms with van der Waals surface area (Å²) in [6.45, 7) is 5.20. The Morgan fingerprint density at radius 2 is 1.67 bits per heavy atom. The Hall–Kier alpha value is 0.200. The first-order valence-electron chi connectivity index (χ1n) is 3.58. The van der Waals surface area contributed by atoms with Crippen molar-refractivity contribution in [2.45, 2.75) is 31.6 Å². The molecule has 0 fully saturated rings. The number of rotatable bonds is 2. The summed E-state index contributed by atoms with van der Waals surface area (Å²) in [6.07, 6.45) is -0.0335. The molecule has 0 unspecified atom stereocenters. The second-order valence-electron chi connectivity index (χ2n) is 3.99. The number of hydrogen-bond donors (Lipinski definition) is 1. The Kier molecular flexibility index (Phi) is 3.58. The molecule has 0 saturated heterocycles. The predicted octanol–water partition coefficient (Wildman–Crippen LogP) is 1.00. The molecule has 0 aromatic rings. The zero-order valence-corrected chi connectivity index (χ0v) is 9.28. The highest BCUT2D eigenvalue weighted by Gasteiger charge is 2.35. The maximum absolute atomic E-state index is 10.9. The van der Waals surface area contributed by atoms with Crippen molar-refractivity contribution in [1.82, 2.24) is 0 Å². The van der Waals surface area contributed by atoms with Crippen molar-refractivity contribution < 1.29 is 13.5 Å². The van der Waals surface area contributed by atoms with E-state index in [-0.39, 0.29) is 0 Å². The quantitative estimate of drug-likeness (QED) is 0.698. The molecular weight excluding hydrogens is 200 g/mol. The van der Waals surface area contributed by atoms with Crippen LogP contribution in [0.2, 0.25) is 0 Å². The number of aliphatic hydroxyl groups is 1. The molecule has 0 heterocycles. The second-order valence-corrected chi connectivity index (χ2v) is 6.89. The highest BCUT2D eigenvalue weighted by atomic mass is 35.5. The van der Waals surface area contributed by atoms with Crippen LogP contribution in [0.4, 0.5) is 0 Å². The summed E-state index contributed by atoms with van der Waals surface area (Å²) in [4.78, 5) is 0. The molecule has 0 aliphatic rings. The van der Waals surface area contributed by atoms with Gasteiger partial charge in [-0.3, -0.25) is 0 Å². The van der Waals surface area contributed by atoms with Crippen LogP contribution in [-0.2, 0) is 9.84 Å². The molecular formula is C7H15ClO3S. The van der Waals surface area contributed by atoms with E-state index in [0.717, 1.165) is 6.26 Å². The lowest BCUT2D eigenvalue weighted by molar-refractivity contribution is 0.0747. The van der Waals surface area contributed by atoms with E-state index in [2.05, 4.69) is 0 Å². The fourth-order valence-corrected chi connectivity index (χ4v) is 1.88. The van der Waals surface area contributed by atoms with Gasteiger partial charge in [-0.2, -0.15) is 0 Å². The summed E-state index contributed by atoms with van der Waals surface area (Å²) in [7, 11) is -3.37. The van der Waals surface area contributed by atoms with Crippen LogP contribution in [0.1, 0.15) is 20.8 Å². The van der Waals surface area contributed by atoms with Gasteiger partial charge in [0, 0.05) is 6.26 Å². The van der Waals surface area contributed by atoms with Gasteiger partial charge in [0.15, 0.2) is 14.5 Å². The van der Waals surface area contributed by atoms with E-state index >= 15 is 0 Å². The average molecular weight is 215 g/mol. The van der Waals surface area contributed by atoms with Crippen molar-refractivity contribution in [3.05, 3.63) is 0 Å². The molecule has 0 radical (unpaired) electrons. The summed E-state index contributed by atoms with van der Waals surface area (Å²) < 4.78 is 20.6. The number of hydrogen-bond acceptors (Lipinski definition) is 3. The van der Waals surface area contributed by atoms with E-state index in [1.165, 1.54) is 0 Å². The van der Waals surface area contributed by atoms with Crippen LogP contribution >= 0.6 is 11.6 Å². The summed E-state index contributed by atoms with van der Waals surface area (Å²) in [5, 5.41) is 9.48. The smallest absolute Gasteiger partial charge is 0.166 e. The lowest BCUT2D eigenvalue weighted by Crippen LogP contribution is -2.38. The van der Waals surface area contributed by atoms with Crippen molar-refractivity contribution in [1.29, 1.82) is 0 Å². The SMILES string of the molecule is CC(C)(C)[C@H](O)[C@@H](Cl)S(C)(=O)=O. The van der Waals surface area contributed by atoms with E-state index in [1.807, 2.05) is 0 Å². The first kappa shape index (κ1) is 12.2. The number of aliphatic hydroxyl groups excluding tert-OH is 1. The first-order valence-corrected chi connectivity index (χ1v) is 5.97. The second kappa shape index (κ2) is 3.52. The highest BCUT2D eigenvalue weighted by molar-refractivity contribution is 7.92. The minimum atomic E-state index is -3.37. The fourth-order valence-electron chi connectivity index (χ4n) is 0.627. The third kappa shape index (κ3) is 3.29. The minimum absolute atomic E-state index is 0.518. The summed E-state index contributed by atoms with van der Waals surface area (Å²) in [5.41, 5.74) is -0.518. The largest absolute Gasteiger partial charge is 0.390 e. The van der Waals surface area contributed by atoms with E-state index in [9.17, 15) is 13.5 Å². The van der Waals surface area contributed by atoms with Gasteiger partial charge in [0.25, 0.3) is 0 Å². The summed E-state index contributed by atoms with van der Waals surface area (Å²) >= 11 is 5.55. The van der Waals surface area contributed by atoms with Gasteiger partial charge in [0.2, 0.25) is 0 Å². The molecule has 0 aromatic heterocycles. The minimum Gasteiger partial charge on any atom is -0.390 e. The van der Waals surface area contributed by atoms with E-state index in [1.54, 1.807) is 20.8 Å². The van der Waals surface area contributed by atoms with E-state index in [4.69, 9.17) is 11.6 Å².